The lowest BCUT2D eigenvalue weighted by atomic mass is 10.4. The standard InChI is InChI=1S/C4H6O2.C4H10O/c1-3-6-4(2)5;1-2-3-4-5/h3H,1H2,2H3;5H,2-4H2,1H3. The van der Waals surface area contributed by atoms with Gasteiger partial charge in [0.15, 0.2) is 0 Å². The van der Waals surface area contributed by atoms with Crippen LogP contribution in [0.15, 0.2) is 12.8 Å². The number of hydrogen-bond acceptors (Lipinski definition) is 3. The van der Waals surface area contributed by atoms with Crippen molar-refractivity contribution in [1.29, 1.82) is 0 Å². The Morgan fingerprint density at radius 2 is 2.27 bits per heavy atom. The van der Waals surface area contributed by atoms with E-state index in [-0.39, 0.29) is 5.97 Å². The molecule has 0 fully saturated rings. The summed E-state index contributed by atoms with van der Waals surface area (Å²) in [5.41, 5.74) is 0. The predicted molar refractivity (Wildman–Crippen MR) is 44.0 cm³/mol. The van der Waals surface area contributed by atoms with Gasteiger partial charge in [0, 0.05) is 13.5 Å². The number of esters is 1. The first kappa shape index (κ1) is 12.8. The van der Waals surface area contributed by atoms with E-state index in [0.717, 1.165) is 19.1 Å². The van der Waals surface area contributed by atoms with Gasteiger partial charge < -0.3 is 9.84 Å². The SMILES string of the molecule is C=COC(C)=O.CCCCO. The summed E-state index contributed by atoms with van der Waals surface area (Å²) in [7, 11) is 0. The van der Waals surface area contributed by atoms with E-state index in [1.807, 2.05) is 0 Å². The molecule has 1 N–H and O–H groups in total. The van der Waals surface area contributed by atoms with E-state index in [2.05, 4.69) is 18.2 Å². The van der Waals surface area contributed by atoms with Crippen molar-refractivity contribution >= 4 is 5.97 Å². The number of unbranched alkanes of at least 4 members (excludes halogenated alkanes) is 1. The molecule has 0 aromatic carbocycles. The quantitative estimate of drug-likeness (QED) is 0.502. The summed E-state index contributed by atoms with van der Waals surface area (Å²) in [4.78, 5) is 9.75. The number of carbonyl (C=O) groups is 1. The minimum Gasteiger partial charge on any atom is -0.435 e. The minimum atomic E-state index is -0.329. The Bertz CT molecular complexity index is 97.5. The van der Waals surface area contributed by atoms with Crippen LogP contribution in [0.2, 0.25) is 0 Å². The maximum Gasteiger partial charge on any atom is 0.307 e. The number of ether oxygens (including phenoxy) is 1. The largest absolute Gasteiger partial charge is 0.435 e. The number of aliphatic hydroxyl groups is 1. The highest BCUT2D eigenvalue weighted by molar-refractivity contribution is 5.66. The highest BCUT2D eigenvalue weighted by Gasteiger charge is 1.79. The molecule has 0 atom stereocenters. The Morgan fingerprint density at radius 3 is 2.27 bits per heavy atom. The Labute approximate surface area is 67.7 Å². The van der Waals surface area contributed by atoms with Crippen molar-refractivity contribution in [1.82, 2.24) is 0 Å². The van der Waals surface area contributed by atoms with Gasteiger partial charge in [-0.05, 0) is 6.42 Å². The second-order valence-corrected chi connectivity index (χ2v) is 1.85. The van der Waals surface area contributed by atoms with Crippen LogP contribution >= 0.6 is 0 Å². The topological polar surface area (TPSA) is 46.5 Å². The summed E-state index contributed by atoms with van der Waals surface area (Å²) in [5.74, 6) is -0.329. The van der Waals surface area contributed by atoms with Gasteiger partial charge in [-0.25, -0.2) is 0 Å². The molecule has 3 heteroatoms. The summed E-state index contributed by atoms with van der Waals surface area (Å²) < 4.78 is 4.17. The van der Waals surface area contributed by atoms with Gasteiger partial charge >= 0.3 is 5.97 Å². The van der Waals surface area contributed by atoms with E-state index in [0.29, 0.717) is 6.61 Å². The van der Waals surface area contributed by atoms with Gasteiger partial charge in [-0.3, -0.25) is 4.79 Å². The first-order valence-electron chi connectivity index (χ1n) is 3.58. The molecule has 0 radical (unpaired) electrons. The second kappa shape index (κ2) is 11.9. The molecule has 0 unspecified atom stereocenters. The van der Waals surface area contributed by atoms with E-state index in [1.165, 1.54) is 6.92 Å². The van der Waals surface area contributed by atoms with Crippen molar-refractivity contribution < 1.29 is 14.6 Å². The second-order valence-electron chi connectivity index (χ2n) is 1.85. The molecule has 0 aliphatic carbocycles. The van der Waals surface area contributed by atoms with Crippen LogP contribution in [0.5, 0.6) is 0 Å². The van der Waals surface area contributed by atoms with Gasteiger partial charge in [0.2, 0.25) is 0 Å². The monoisotopic (exact) mass is 160 g/mol. The molecule has 0 aliphatic rings. The number of aliphatic hydroxyl groups excluding tert-OH is 1. The third-order valence-corrected chi connectivity index (χ3v) is 0.761. The first-order chi connectivity index (χ1) is 5.18. The van der Waals surface area contributed by atoms with Crippen LogP contribution in [-0.2, 0) is 9.53 Å². The maximum atomic E-state index is 9.75. The average Bonchev–Trinajstić information content (AvgIpc) is 1.90. The summed E-state index contributed by atoms with van der Waals surface area (Å²) in [6.07, 6.45) is 3.14. The molecule has 0 aromatic rings. The summed E-state index contributed by atoms with van der Waals surface area (Å²) in [6, 6.07) is 0. The van der Waals surface area contributed by atoms with Crippen molar-refractivity contribution in [3.8, 4) is 0 Å². The van der Waals surface area contributed by atoms with E-state index in [9.17, 15) is 4.79 Å². The van der Waals surface area contributed by atoms with Crippen LogP contribution in [0, 0.1) is 0 Å². The zero-order valence-electron chi connectivity index (χ0n) is 7.17. The molecule has 0 spiro atoms. The van der Waals surface area contributed by atoms with Gasteiger partial charge in [0.05, 0.1) is 6.26 Å². The lowest BCUT2D eigenvalue weighted by molar-refractivity contribution is -0.135. The molecule has 11 heavy (non-hydrogen) atoms. The Kier molecular flexibility index (Phi) is 13.9. The third kappa shape index (κ3) is 27.1. The van der Waals surface area contributed by atoms with Crippen LogP contribution in [0.4, 0.5) is 0 Å². The molecular formula is C8H16O3. The molecule has 0 rings (SSSR count). The zero-order chi connectivity index (χ0) is 9.11. The van der Waals surface area contributed by atoms with Crippen LogP contribution in [0.25, 0.3) is 0 Å². The average molecular weight is 160 g/mol. The molecule has 0 saturated heterocycles. The van der Waals surface area contributed by atoms with Gasteiger partial charge in [-0.1, -0.05) is 19.9 Å². The van der Waals surface area contributed by atoms with Crippen molar-refractivity contribution in [2.75, 3.05) is 6.61 Å². The first-order valence-corrected chi connectivity index (χ1v) is 3.58. The molecule has 3 nitrogen and oxygen atoms in total. The summed E-state index contributed by atoms with van der Waals surface area (Å²) in [5, 5.41) is 8.07. The van der Waals surface area contributed by atoms with Crippen LogP contribution in [0.1, 0.15) is 26.7 Å². The number of carbonyl (C=O) groups excluding carboxylic acids is 1. The number of hydrogen-bond donors (Lipinski definition) is 1. The highest BCUT2D eigenvalue weighted by atomic mass is 16.5. The van der Waals surface area contributed by atoms with Gasteiger partial charge in [-0.15, -0.1) is 0 Å². The van der Waals surface area contributed by atoms with Gasteiger partial charge in [0.25, 0.3) is 0 Å². The fourth-order valence-electron chi connectivity index (χ4n) is 0.275. The normalized spacial score (nSPS) is 7.55. The van der Waals surface area contributed by atoms with Crippen molar-refractivity contribution in [2.45, 2.75) is 26.7 Å². The fraction of sp³-hybridized carbons (Fsp3) is 0.625. The Balaban J connectivity index is 0. The fourth-order valence-corrected chi connectivity index (χ4v) is 0.275. The third-order valence-electron chi connectivity index (χ3n) is 0.761. The van der Waals surface area contributed by atoms with Gasteiger partial charge in [-0.2, -0.15) is 0 Å². The summed E-state index contributed by atoms with van der Waals surface area (Å²) in [6.45, 7) is 6.87. The Morgan fingerprint density at radius 1 is 1.73 bits per heavy atom. The van der Waals surface area contributed by atoms with Gasteiger partial charge in [0.1, 0.15) is 0 Å². The predicted octanol–water partition coefficient (Wildman–Crippen LogP) is 1.47. The van der Waals surface area contributed by atoms with Crippen molar-refractivity contribution in [2.24, 2.45) is 0 Å². The van der Waals surface area contributed by atoms with Crippen molar-refractivity contribution in [3.63, 3.8) is 0 Å². The lowest BCUT2D eigenvalue weighted by Gasteiger charge is -1.83. The molecule has 0 heterocycles. The smallest absolute Gasteiger partial charge is 0.307 e. The van der Waals surface area contributed by atoms with E-state index in [4.69, 9.17) is 5.11 Å². The van der Waals surface area contributed by atoms with Crippen LogP contribution < -0.4 is 0 Å². The van der Waals surface area contributed by atoms with Crippen LogP contribution in [-0.4, -0.2) is 17.7 Å². The molecule has 0 aliphatic heterocycles. The molecular weight excluding hydrogens is 144 g/mol. The molecule has 0 aromatic heterocycles. The van der Waals surface area contributed by atoms with Crippen molar-refractivity contribution in [3.05, 3.63) is 12.8 Å². The minimum absolute atomic E-state index is 0.329. The number of rotatable bonds is 3. The van der Waals surface area contributed by atoms with E-state index < -0.39 is 0 Å². The molecule has 0 amide bonds. The maximum absolute atomic E-state index is 9.75. The molecule has 0 bridgehead atoms. The molecule has 66 valence electrons. The Hall–Kier alpha value is -0.830. The molecule has 0 saturated carbocycles. The van der Waals surface area contributed by atoms with E-state index in [1.54, 1.807) is 0 Å². The highest BCUT2D eigenvalue weighted by Crippen LogP contribution is 1.78. The zero-order valence-corrected chi connectivity index (χ0v) is 7.17. The lowest BCUT2D eigenvalue weighted by Crippen LogP contribution is -1.87. The summed E-state index contributed by atoms with van der Waals surface area (Å²) >= 11 is 0. The van der Waals surface area contributed by atoms with Crippen LogP contribution in [0.3, 0.4) is 0 Å². The van der Waals surface area contributed by atoms with E-state index >= 15 is 0 Å².